The van der Waals surface area contributed by atoms with Crippen LogP contribution in [0.2, 0.25) is 0 Å². The van der Waals surface area contributed by atoms with Crippen molar-refractivity contribution in [3.63, 3.8) is 0 Å². The summed E-state index contributed by atoms with van der Waals surface area (Å²) in [7, 11) is 0. The summed E-state index contributed by atoms with van der Waals surface area (Å²) in [5.74, 6) is -0.379. The van der Waals surface area contributed by atoms with Gasteiger partial charge in [-0.05, 0) is 39.5 Å². The molecule has 0 fully saturated rings. The molecule has 5 nitrogen and oxygen atoms in total. The van der Waals surface area contributed by atoms with Crippen molar-refractivity contribution in [2.45, 2.75) is 12.5 Å². The van der Waals surface area contributed by atoms with Gasteiger partial charge in [0.25, 0.3) is 5.56 Å². The van der Waals surface area contributed by atoms with Crippen LogP contribution in [0.5, 0.6) is 5.75 Å². The van der Waals surface area contributed by atoms with E-state index in [0.29, 0.717) is 11.8 Å². The summed E-state index contributed by atoms with van der Waals surface area (Å²) in [5, 5.41) is 11.1. The summed E-state index contributed by atoms with van der Waals surface area (Å²) < 4.78 is 6.93. The van der Waals surface area contributed by atoms with Gasteiger partial charge in [0.15, 0.2) is 11.3 Å². The molecule has 5 rings (SSSR count). The number of halogens is 1. The van der Waals surface area contributed by atoms with Crippen molar-refractivity contribution in [1.82, 2.24) is 4.57 Å². The molecule has 1 unspecified atom stereocenters. The second kappa shape index (κ2) is 5.32. The Kier molecular flexibility index (Phi) is 3.15. The lowest BCUT2D eigenvalue weighted by Crippen LogP contribution is -2.24. The first-order valence-corrected chi connectivity index (χ1v) is 8.93. The second-order valence-corrected chi connectivity index (χ2v) is 7.17. The summed E-state index contributed by atoms with van der Waals surface area (Å²) in [6, 6.07) is 15.3. The minimum Gasteiger partial charge on any atom is -0.506 e. The molecule has 0 saturated heterocycles. The average molecular weight is 410 g/mol. The Morgan fingerprint density at radius 2 is 1.85 bits per heavy atom. The Balaban J connectivity index is 2.01. The molecule has 4 aromatic rings. The van der Waals surface area contributed by atoms with Crippen molar-refractivity contribution < 1.29 is 9.52 Å². The van der Waals surface area contributed by atoms with Gasteiger partial charge in [0, 0.05) is 5.39 Å². The quantitative estimate of drug-likeness (QED) is 0.486. The Morgan fingerprint density at radius 1 is 1.08 bits per heavy atom. The van der Waals surface area contributed by atoms with Gasteiger partial charge in [0.2, 0.25) is 0 Å². The molecule has 3 heterocycles. The van der Waals surface area contributed by atoms with E-state index in [4.69, 9.17) is 4.42 Å². The zero-order chi connectivity index (χ0) is 18.0. The SMILES string of the molecule is O=c1oc2c(c(O)c1Br)c(=O)n1c3c(cccc23)CC1c1ccccc1. The van der Waals surface area contributed by atoms with Crippen LogP contribution in [0.1, 0.15) is 17.2 Å². The number of aromatic hydroxyl groups is 1. The van der Waals surface area contributed by atoms with Gasteiger partial charge in [-0.15, -0.1) is 0 Å². The maximum Gasteiger partial charge on any atom is 0.354 e. The van der Waals surface area contributed by atoms with Crippen molar-refractivity contribution in [3.8, 4) is 5.75 Å². The van der Waals surface area contributed by atoms with Crippen LogP contribution in [0, 0.1) is 0 Å². The van der Waals surface area contributed by atoms with Gasteiger partial charge in [0.1, 0.15) is 9.86 Å². The fourth-order valence-corrected chi connectivity index (χ4v) is 4.15. The predicted molar refractivity (Wildman–Crippen MR) is 102 cm³/mol. The fourth-order valence-electron chi connectivity index (χ4n) is 3.88. The lowest BCUT2D eigenvalue weighted by atomic mass is 10.0. The average Bonchev–Trinajstić information content (AvgIpc) is 3.05. The van der Waals surface area contributed by atoms with Crippen LogP contribution in [0.25, 0.3) is 21.9 Å². The molecule has 0 spiro atoms. The maximum atomic E-state index is 13.3. The van der Waals surface area contributed by atoms with E-state index in [9.17, 15) is 14.7 Å². The molecule has 2 aromatic heterocycles. The van der Waals surface area contributed by atoms with Gasteiger partial charge in [-0.1, -0.05) is 42.5 Å². The molecule has 6 heteroatoms. The third-order valence-electron chi connectivity index (χ3n) is 4.99. The zero-order valence-electron chi connectivity index (χ0n) is 13.4. The molecular formula is C20H12BrNO4. The van der Waals surface area contributed by atoms with Crippen molar-refractivity contribution in [1.29, 1.82) is 0 Å². The number of aromatic nitrogens is 1. The van der Waals surface area contributed by atoms with E-state index in [1.165, 1.54) is 0 Å². The normalized spacial score (nSPS) is 15.8. The summed E-state index contributed by atoms with van der Waals surface area (Å²) in [5.41, 5.74) is 1.83. The molecular weight excluding hydrogens is 398 g/mol. The Bertz CT molecular complexity index is 1320. The summed E-state index contributed by atoms with van der Waals surface area (Å²) in [6.07, 6.45) is 0.666. The van der Waals surface area contributed by atoms with Gasteiger partial charge >= 0.3 is 5.63 Å². The van der Waals surface area contributed by atoms with E-state index in [1.807, 2.05) is 42.5 Å². The largest absolute Gasteiger partial charge is 0.506 e. The molecule has 0 saturated carbocycles. The van der Waals surface area contributed by atoms with Gasteiger partial charge in [-0.25, -0.2) is 4.79 Å². The van der Waals surface area contributed by atoms with E-state index in [2.05, 4.69) is 15.9 Å². The molecule has 1 N–H and O–H groups in total. The molecule has 0 aliphatic carbocycles. The topological polar surface area (TPSA) is 72.4 Å². The number of hydrogen-bond donors (Lipinski definition) is 1. The van der Waals surface area contributed by atoms with Crippen LogP contribution >= 0.6 is 15.9 Å². The molecule has 26 heavy (non-hydrogen) atoms. The third kappa shape index (κ3) is 1.90. The molecule has 128 valence electrons. The Morgan fingerprint density at radius 3 is 2.62 bits per heavy atom. The van der Waals surface area contributed by atoms with Gasteiger partial charge in [-0.3, -0.25) is 9.36 Å². The number of rotatable bonds is 1. The highest BCUT2D eigenvalue weighted by Gasteiger charge is 2.30. The molecule has 1 aliphatic rings. The number of hydrogen-bond acceptors (Lipinski definition) is 4. The zero-order valence-corrected chi connectivity index (χ0v) is 15.0. The Labute approximate surface area is 155 Å². The van der Waals surface area contributed by atoms with Crippen LogP contribution in [-0.2, 0) is 6.42 Å². The monoisotopic (exact) mass is 409 g/mol. The second-order valence-electron chi connectivity index (χ2n) is 6.38. The highest BCUT2D eigenvalue weighted by molar-refractivity contribution is 9.10. The highest BCUT2D eigenvalue weighted by atomic mass is 79.9. The van der Waals surface area contributed by atoms with Crippen LogP contribution in [0.4, 0.5) is 0 Å². The number of pyridine rings is 1. The summed E-state index contributed by atoms with van der Waals surface area (Å²) in [4.78, 5) is 25.3. The fraction of sp³-hybridized carbons (Fsp3) is 0.100. The highest BCUT2D eigenvalue weighted by Crippen LogP contribution is 2.39. The lowest BCUT2D eigenvalue weighted by Gasteiger charge is -2.16. The van der Waals surface area contributed by atoms with E-state index in [0.717, 1.165) is 16.6 Å². The van der Waals surface area contributed by atoms with Crippen LogP contribution in [-0.4, -0.2) is 9.67 Å². The summed E-state index contributed by atoms with van der Waals surface area (Å²) in [6.45, 7) is 0. The molecule has 1 atom stereocenters. The first kappa shape index (κ1) is 15.4. The first-order chi connectivity index (χ1) is 12.6. The molecule has 0 amide bonds. The lowest BCUT2D eigenvalue weighted by molar-refractivity contribution is 0.461. The van der Waals surface area contributed by atoms with Crippen molar-refractivity contribution in [3.05, 3.63) is 84.9 Å². The standard InChI is InChI=1S/C20H12BrNO4/c21-15-17(23)14-18(26-20(15)25)12-8-4-7-11-9-13(10-5-2-1-3-6-10)22(16(11)12)19(14)24/h1-8,13,23H,9H2. The van der Waals surface area contributed by atoms with E-state index in [-0.39, 0.29) is 32.8 Å². The third-order valence-corrected chi connectivity index (χ3v) is 5.69. The van der Waals surface area contributed by atoms with Crippen molar-refractivity contribution in [2.75, 3.05) is 0 Å². The number of para-hydroxylation sites is 1. The number of nitrogens with zero attached hydrogens (tertiary/aromatic N) is 1. The molecule has 0 bridgehead atoms. The van der Waals surface area contributed by atoms with Crippen molar-refractivity contribution in [2.24, 2.45) is 0 Å². The molecule has 1 aliphatic heterocycles. The van der Waals surface area contributed by atoms with Crippen LogP contribution in [0.15, 0.2) is 67.0 Å². The maximum absolute atomic E-state index is 13.3. The minimum atomic E-state index is -0.710. The van der Waals surface area contributed by atoms with Crippen LogP contribution in [0.3, 0.4) is 0 Å². The van der Waals surface area contributed by atoms with E-state index >= 15 is 0 Å². The van der Waals surface area contributed by atoms with E-state index < -0.39 is 5.63 Å². The predicted octanol–water partition coefficient (Wildman–Crippen LogP) is 3.72. The van der Waals surface area contributed by atoms with Crippen molar-refractivity contribution >= 4 is 37.8 Å². The van der Waals surface area contributed by atoms with Gasteiger partial charge in [0.05, 0.1) is 11.6 Å². The first-order valence-electron chi connectivity index (χ1n) is 8.14. The Hall–Kier alpha value is -2.86. The molecule has 2 aromatic carbocycles. The minimum absolute atomic E-state index is 0.0176. The van der Waals surface area contributed by atoms with Gasteiger partial charge in [-0.2, -0.15) is 0 Å². The summed E-state index contributed by atoms with van der Waals surface area (Å²) >= 11 is 3.01. The van der Waals surface area contributed by atoms with Gasteiger partial charge < -0.3 is 9.52 Å². The molecule has 0 radical (unpaired) electrons. The van der Waals surface area contributed by atoms with Crippen LogP contribution < -0.4 is 11.2 Å². The smallest absolute Gasteiger partial charge is 0.354 e. The number of benzene rings is 2. The van der Waals surface area contributed by atoms with E-state index in [1.54, 1.807) is 10.6 Å². The number of fused-ring (bicyclic) bond motifs is 2.